The van der Waals surface area contributed by atoms with E-state index in [2.05, 4.69) is 16.2 Å². The molecular formula is C26H25Cl2F3N2O3. The van der Waals surface area contributed by atoms with Crippen LogP contribution in [0.1, 0.15) is 36.0 Å². The Balaban J connectivity index is 1.58. The Kier molecular flexibility index (Phi) is 7.48. The van der Waals surface area contributed by atoms with Gasteiger partial charge in [-0.05, 0) is 61.6 Å². The lowest BCUT2D eigenvalue weighted by Gasteiger charge is -2.35. The maximum absolute atomic E-state index is 12.7. The number of hydrogen-bond donors (Lipinski definition) is 1. The Morgan fingerprint density at radius 2 is 1.89 bits per heavy atom. The number of aliphatic carboxylic acids is 1. The molecule has 0 saturated carbocycles. The summed E-state index contributed by atoms with van der Waals surface area (Å²) < 4.78 is 44.0. The van der Waals surface area contributed by atoms with Crippen LogP contribution in [0.3, 0.4) is 0 Å². The molecule has 0 unspecified atom stereocenters. The van der Waals surface area contributed by atoms with E-state index in [1.165, 1.54) is 12.1 Å². The largest absolute Gasteiger partial charge is 0.573 e. The summed E-state index contributed by atoms with van der Waals surface area (Å²) in [4.78, 5) is 13.1. The van der Waals surface area contributed by atoms with E-state index in [0.717, 1.165) is 29.6 Å². The van der Waals surface area contributed by atoms with Crippen LogP contribution >= 0.6 is 23.2 Å². The Morgan fingerprint density at radius 3 is 2.53 bits per heavy atom. The second kappa shape index (κ2) is 10.3. The number of benzene rings is 2. The average molecular weight is 541 g/mol. The van der Waals surface area contributed by atoms with E-state index in [4.69, 9.17) is 28.3 Å². The zero-order valence-corrected chi connectivity index (χ0v) is 21.1. The minimum atomic E-state index is -4.77. The lowest BCUT2D eigenvalue weighted by Crippen LogP contribution is -2.33. The van der Waals surface area contributed by atoms with Crippen LogP contribution in [0, 0.1) is 12.8 Å². The SMILES string of the molecule is C=C(c1ccc(Cl)c(Cn2ccc3cc(OC(F)(F)F)cc(C)c32)c1Cl)N1CCC(CC(=O)O)CC1. The minimum Gasteiger partial charge on any atom is -0.481 e. The van der Waals surface area contributed by atoms with Gasteiger partial charge in [-0.2, -0.15) is 0 Å². The zero-order chi connectivity index (χ0) is 26.2. The first-order chi connectivity index (χ1) is 16.9. The summed E-state index contributed by atoms with van der Waals surface area (Å²) >= 11 is 13.3. The van der Waals surface area contributed by atoms with E-state index in [0.29, 0.717) is 46.2 Å². The number of rotatable bonds is 7. The van der Waals surface area contributed by atoms with Gasteiger partial charge < -0.3 is 19.3 Å². The standard InChI is InChI=1S/C26H25Cl2F3N2O3/c1-15-11-19(36-26(29,30)31)13-18-7-10-33(25(15)18)14-21-22(27)4-3-20(24(21)28)16(2)32-8-5-17(6-9-32)12-23(34)35/h3-4,7,10-11,13,17H,2,5-6,8-9,12,14H2,1H3,(H,34,35). The van der Waals surface area contributed by atoms with Crippen molar-refractivity contribution in [1.29, 1.82) is 0 Å². The third kappa shape index (κ3) is 5.76. The van der Waals surface area contributed by atoms with Crippen molar-refractivity contribution in [2.24, 2.45) is 5.92 Å². The predicted octanol–water partition coefficient (Wildman–Crippen LogP) is 7.36. The van der Waals surface area contributed by atoms with Crippen LogP contribution in [-0.2, 0) is 11.3 Å². The van der Waals surface area contributed by atoms with Gasteiger partial charge in [0.2, 0.25) is 0 Å². The molecular weight excluding hydrogens is 516 g/mol. The topological polar surface area (TPSA) is 54.7 Å². The molecule has 2 heterocycles. The predicted molar refractivity (Wildman–Crippen MR) is 135 cm³/mol. The second-order valence-corrected chi connectivity index (χ2v) is 9.82. The number of aryl methyl sites for hydroxylation is 1. The summed E-state index contributed by atoms with van der Waals surface area (Å²) in [5.74, 6) is -0.906. The minimum absolute atomic E-state index is 0.148. The number of aromatic nitrogens is 1. The lowest BCUT2D eigenvalue weighted by molar-refractivity contribution is -0.274. The summed E-state index contributed by atoms with van der Waals surface area (Å²) in [6.07, 6.45) is -1.30. The highest BCUT2D eigenvalue weighted by atomic mass is 35.5. The maximum atomic E-state index is 12.7. The molecule has 1 aliphatic heterocycles. The van der Waals surface area contributed by atoms with E-state index in [1.54, 1.807) is 25.3 Å². The number of likely N-dealkylation sites (tertiary alicyclic amines) is 1. The number of alkyl halides is 3. The maximum Gasteiger partial charge on any atom is 0.573 e. The quantitative estimate of drug-likeness (QED) is 0.340. The third-order valence-electron chi connectivity index (χ3n) is 6.54. The van der Waals surface area contributed by atoms with E-state index in [9.17, 15) is 18.0 Å². The number of hydrogen-bond acceptors (Lipinski definition) is 3. The molecule has 1 aliphatic rings. The number of ether oxygens (including phenoxy) is 1. The monoisotopic (exact) mass is 540 g/mol. The van der Waals surface area contributed by atoms with Crippen LogP contribution in [0.25, 0.3) is 16.6 Å². The number of carbonyl (C=O) groups is 1. The van der Waals surface area contributed by atoms with Gasteiger partial charge in [0.1, 0.15) is 5.75 Å². The molecule has 36 heavy (non-hydrogen) atoms. The molecule has 0 atom stereocenters. The molecule has 10 heteroatoms. The fourth-order valence-corrected chi connectivity index (χ4v) is 5.42. The van der Waals surface area contributed by atoms with Gasteiger partial charge in [-0.15, -0.1) is 13.2 Å². The van der Waals surface area contributed by atoms with Crippen LogP contribution in [0.5, 0.6) is 5.75 Å². The number of piperidine rings is 1. The molecule has 0 spiro atoms. The number of carboxylic acids is 1. The fourth-order valence-electron chi connectivity index (χ4n) is 4.82. The van der Waals surface area contributed by atoms with Gasteiger partial charge in [-0.3, -0.25) is 4.79 Å². The van der Waals surface area contributed by atoms with Crippen LogP contribution in [0.15, 0.2) is 43.1 Å². The van der Waals surface area contributed by atoms with E-state index < -0.39 is 12.3 Å². The molecule has 0 radical (unpaired) electrons. The van der Waals surface area contributed by atoms with Gasteiger partial charge in [-0.25, -0.2) is 0 Å². The smallest absolute Gasteiger partial charge is 0.481 e. The van der Waals surface area contributed by atoms with Crippen LogP contribution < -0.4 is 4.74 Å². The molecule has 1 saturated heterocycles. The zero-order valence-electron chi connectivity index (χ0n) is 19.5. The lowest BCUT2D eigenvalue weighted by atomic mass is 9.93. The highest BCUT2D eigenvalue weighted by Gasteiger charge is 2.31. The Bertz CT molecular complexity index is 1310. The molecule has 1 N–H and O–H groups in total. The Labute approximate surface area is 216 Å². The van der Waals surface area contributed by atoms with Crippen molar-refractivity contribution < 1.29 is 27.8 Å². The average Bonchev–Trinajstić information content (AvgIpc) is 3.18. The first-order valence-electron chi connectivity index (χ1n) is 11.4. The van der Waals surface area contributed by atoms with Crippen LogP contribution in [0.2, 0.25) is 10.0 Å². The molecule has 4 rings (SSSR count). The molecule has 192 valence electrons. The van der Waals surface area contributed by atoms with Gasteiger partial charge >= 0.3 is 12.3 Å². The summed E-state index contributed by atoms with van der Waals surface area (Å²) in [6.45, 7) is 7.64. The number of fused-ring (bicyclic) bond motifs is 1. The van der Waals surface area contributed by atoms with Crippen molar-refractivity contribution in [2.75, 3.05) is 13.1 Å². The number of carboxylic acid groups (broad SMARTS) is 1. The van der Waals surface area contributed by atoms with Crippen molar-refractivity contribution in [3.05, 3.63) is 69.8 Å². The molecule has 1 fully saturated rings. The second-order valence-electron chi connectivity index (χ2n) is 9.03. The first kappa shape index (κ1) is 26.2. The third-order valence-corrected chi connectivity index (χ3v) is 7.33. The van der Waals surface area contributed by atoms with Gasteiger partial charge in [0.25, 0.3) is 0 Å². The van der Waals surface area contributed by atoms with E-state index in [1.807, 2.05) is 10.6 Å². The van der Waals surface area contributed by atoms with Gasteiger partial charge in [-0.1, -0.05) is 29.8 Å². The first-order valence-corrected chi connectivity index (χ1v) is 12.2. The van der Waals surface area contributed by atoms with E-state index in [-0.39, 0.29) is 18.1 Å². The number of nitrogens with zero attached hydrogens (tertiary/aromatic N) is 2. The summed E-state index contributed by atoms with van der Waals surface area (Å²) in [6, 6.07) is 7.99. The summed E-state index contributed by atoms with van der Waals surface area (Å²) in [5.41, 5.74) is 3.52. The fraction of sp³-hybridized carbons (Fsp3) is 0.346. The molecule has 1 aromatic heterocycles. The van der Waals surface area contributed by atoms with Crippen molar-refractivity contribution >= 4 is 45.8 Å². The van der Waals surface area contributed by atoms with Gasteiger partial charge in [0.05, 0.1) is 17.1 Å². The van der Waals surface area contributed by atoms with Crippen LogP contribution in [0.4, 0.5) is 13.2 Å². The number of halogens is 5. The molecule has 5 nitrogen and oxygen atoms in total. The summed E-state index contributed by atoms with van der Waals surface area (Å²) in [5, 5.41) is 10.6. The van der Waals surface area contributed by atoms with Crippen molar-refractivity contribution in [2.45, 2.75) is 39.1 Å². The van der Waals surface area contributed by atoms with Crippen LogP contribution in [-0.4, -0.2) is 40.0 Å². The normalized spacial score (nSPS) is 14.9. The molecule has 0 aliphatic carbocycles. The molecule has 0 amide bonds. The Hall–Kier alpha value is -2.84. The summed E-state index contributed by atoms with van der Waals surface area (Å²) in [7, 11) is 0. The van der Waals surface area contributed by atoms with E-state index >= 15 is 0 Å². The highest BCUT2D eigenvalue weighted by molar-refractivity contribution is 6.37. The molecule has 3 aromatic rings. The van der Waals surface area contributed by atoms with Crippen molar-refractivity contribution in [3.8, 4) is 5.75 Å². The van der Waals surface area contributed by atoms with Gasteiger partial charge in [0.15, 0.2) is 0 Å². The Morgan fingerprint density at radius 1 is 1.19 bits per heavy atom. The van der Waals surface area contributed by atoms with Crippen molar-refractivity contribution in [3.63, 3.8) is 0 Å². The highest BCUT2D eigenvalue weighted by Crippen LogP contribution is 2.37. The van der Waals surface area contributed by atoms with Gasteiger partial charge in [0, 0.05) is 52.9 Å². The van der Waals surface area contributed by atoms with Crippen molar-refractivity contribution in [1.82, 2.24) is 9.47 Å². The molecule has 0 bridgehead atoms. The molecule has 2 aromatic carbocycles.